The van der Waals surface area contributed by atoms with Crippen LogP contribution in [0.1, 0.15) is 0 Å². The topological polar surface area (TPSA) is 199 Å². The number of rotatable bonds is 5. The molecule has 2 aromatic heterocycles. The molecule has 0 aromatic carbocycles. The fourth-order valence-electron chi connectivity index (χ4n) is 1.41. The molecular weight excluding hydrogens is 293 g/mol. The average Bonchev–Trinajstić information content (AvgIpc) is 2.68. The summed E-state index contributed by atoms with van der Waals surface area (Å²) < 4.78 is 17.1. The van der Waals surface area contributed by atoms with E-state index < -0.39 is 13.9 Å². The molecule has 0 bridgehead atoms. The minimum atomic E-state index is -4.12. The van der Waals surface area contributed by atoms with Crippen molar-refractivity contribution in [3.05, 3.63) is 12.7 Å². The van der Waals surface area contributed by atoms with E-state index in [1.54, 1.807) is 4.57 Å². The smallest absolute Gasteiger partial charge is 0.350 e. The molecule has 8 N–H and O–H groups in total. The van der Waals surface area contributed by atoms with Gasteiger partial charge in [-0.05, 0) is 0 Å². The van der Waals surface area contributed by atoms with Gasteiger partial charge in [0.2, 0.25) is 0 Å². The van der Waals surface area contributed by atoms with Crippen LogP contribution in [0.2, 0.25) is 0 Å². The van der Waals surface area contributed by atoms with Crippen molar-refractivity contribution in [1.82, 2.24) is 19.5 Å². The highest BCUT2D eigenvalue weighted by Crippen LogP contribution is 2.33. The van der Waals surface area contributed by atoms with Crippen LogP contribution in [0.4, 0.5) is 5.82 Å². The van der Waals surface area contributed by atoms with Gasteiger partial charge in [-0.3, -0.25) is 4.57 Å². The summed E-state index contributed by atoms with van der Waals surface area (Å²) in [5, 5.41) is 0. The van der Waals surface area contributed by atoms with Gasteiger partial charge in [0.05, 0.1) is 12.9 Å². The van der Waals surface area contributed by atoms with Gasteiger partial charge in [-0.25, -0.2) is 15.0 Å². The molecule has 11 nitrogen and oxygen atoms in total. The van der Waals surface area contributed by atoms with Gasteiger partial charge in [0, 0.05) is 6.54 Å². The maximum atomic E-state index is 10.6. The maximum absolute atomic E-state index is 10.6. The summed E-state index contributed by atoms with van der Waals surface area (Å²) >= 11 is 0. The van der Waals surface area contributed by atoms with Crippen molar-refractivity contribution in [3.8, 4) is 0 Å². The quantitative estimate of drug-likeness (QED) is 0.412. The Labute approximate surface area is 113 Å². The van der Waals surface area contributed by atoms with Crippen molar-refractivity contribution in [2.24, 2.45) is 0 Å². The van der Waals surface area contributed by atoms with E-state index >= 15 is 0 Å². The number of nitrogen functional groups attached to an aromatic ring is 1. The fraction of sp³-hybridized carbons (Fsp3) is 0.375. The Bertz CT molecular complexity index is 598. The molecule has 0 unspecified atom stereocenters. The molecule has 0 saturated carbocycles. The number of ether oxygens (including phenoxy) is 1. The van der Waals surface area contributed by atoms with Gasteiger partial charge in [-0.15, -0.1) is 0 Å². The van der Waals surface area contributed by atoms with Gasteiger partial charge in [-0.2, -0.15) is 0 Å². The lowest BCUT2D eigenvalue weighted by Gasteiger charge is -2.06. The maximum Gasteiger partial charge on any atom is 0.350 e. The van der Waals surface area contributed by atoms with Gasteiger partial charge in [0.25, 0.3) is 0 Å². The largest absolute Gasteiger partial charge is 0.412 e. The lowest BCUT2D eigenvalue weighted by molar-refractivity contribution is 0.149. The van der Waals surface area contributed by atoms with Crippen LogP contribution in [0.15, 0.2) is 12.7 Å². The first-order chi connectivity index (χ1) is 8.47. The summed E-state index contributed by atoms with van der Waals surface area (Å²) in [6.07, 6.45) is 2.25. The van der Waals surface area contributed by atoms with Crippen LogP contribution in [0.5, 0.6) is 0 Å². The molecule has 0 saturated heterocycles. The first-order valence-electron chi connectivity index (χ1n) is 5.01. The Kier molecular flexibility index (Phi) is 6.65. The standard InChI is InChI=1S/C8H12N5O4P.2H2O/c9-7-6-8(11-3-10-7)13(4-12-6)1-2-17-5-18(14,15)16;;/h3-4H,1-2,5H2,(H2,9,10,11)(H2,14,15,16);2*1H2. The molecule has 12 heteroatoms. The summed E-state index contributed by atoms with van der Waals surface area (Å²) in [5.41, 5.74) is 6.67. The second-order valence-electron chi connectivity index (χ2n) is 3.57. The average molecular weight is 309 g/mol. The normalized spacial score (nSPS) is 10.9. The molecular formula is C8H16N5O6P. The molecule has 0 atom stereocenters. The Morgan fingerprint density at radius 3 is 2.65 bits per heavy atom. The third-order valence-electron chi connectivity index (χ3n) is 2.17. The second kappa shape index (κ2) is 7.24. The molecule has 20 heavy (non-hydrogen) atoms. The Morgan fingerprint density at radius 2 is 2.00 bits per heavy atom. The summed E-state index contributed by atoms with van der Waals surface area (Å²) in [7, 11) is -4.12. The first kappa shape index (κ1) is 18.4. The summed E-state index contributed by atoms with van der Waals surface area (Å²) in [4.78, 5) is 29.1. The van der Waals surface area contributed by atoms with Gasteiger partial charge in [0.1, 0.15) is 18.2 Å². The van der Waals surface area contributed by atoms with Crippen molar-refractivity contribution in [2.45, 2.75) is 6.54 Å². The zero-order chi connectivity index (χ0) is 13.2. The zero-order valence-electron chi connectivity index (χ0n) is 10.3. The van der Waals surface area contributed by atoms with Crippen LogP contribution in [0, 0.1) is 0 Å². The van der Waals surface area contributed by atoms with Gasteiger partial charge >= 0.3 is 7.60 Å². The molecule has 0 aliphatic carbocycles. The highest BCUT2D eigenvalue weighted by Gasteiger charge is 2.13. The Balaban J connectivity index is 0.00000180. The zero-order valence-corrected chi connectivity index (χ0v) is 11.2. The highest BCUT2D eigenvalue weighted by atomic mass is 31.2. The number of nitrogens with zero attached hydrogens (tertiary/aromatic N) is 4. The number of nitrogens with two attached hydrogens (primary N) is 1. The van der Waals surface area contributed by atoms with Crippen molar-refractivity contribution in [2.75, 3.05) is 18.7 Å². The van der Waals surface area contributed by atoms with Crippen LogP contribution in [-0.4, -0.2) is 53.2 Å². The van der Waals surface area contributed by atoms with Gasteiger partial charge in [-0.1, -0.05) is 0 Å². The third-order valence-corrected chi connectivity index (χ3v) is 2.68. The first-order valence-corrected chi connectivity index (χ1v) is 6.81. The van der Waals surface area contributed by atoms with E-state index in [0.717, 1.165) is 0 Å². The predicted octanol–water partition coefficient (Wildman–Crippen LogP) is -2.09. The Hall–Kier alpha value is -1.62. The van der Waals surface area contributed by atoms with E-state index in [1.165, 1.54) is 12.7 Å². The lowest BCUT2D eigenvalue weighted by atomic mass is 10.5. The SMILES string of the molecule is Nc1ncnc2c1ncn2CCOCP(=O)(O)O.O.O. The third kappa shape index (κ3) is 4.49. The van der Waals surface area contributed by atoms with Crippen LogP contribution in [0.25, 0.3) is 11.2 Å². The van der Waals surface area contributed by atoms with E-state index in [-0.39, 0.29) is 23.4 Å². The highest BCUT2D eigenvalue weighted by molar-refractivity contribution is 7.51. The number of aromatic nitrogens is 4. The number of hydrogen-bond donors (Lipinski definition) is 3. The summed E-state index contributed by atoms with van der Waals surface area (Å²) in [5.74, 6) is 0.287. The lowest BCUT2D eigenvalue weighted by Crippen LogP contribution is -2.07. The Morgan fingerprint density at radius 1 is 1.30 bits per heavy atom. The molecule has 0 aliphatic heterocycles. The summed E-state index contributed by atoms with van der Waals surface area (Å²) in [6.45, 7) is 0.507. The number of hydrogen-bond acceptors (Lipinski definition) is 6. The van der Waals surface area contributed by atoms with E-state index in [1.807, 2.05) is 0 Å². The molecule has 2 rings (SSSR count). The molecule has 114 valence electrons. The second-order valence-corrected chi connectivity index (χ2v) is 5.16. The fourth-order valence-corrected chi connectivity index (χ4v) is 1.78. The monoisotopic (exact) mass is 309 g/mol. The van der Waals surface area contributed by atoms with Crippen molar-refractivity contribution < 1.29 is 30.0 Å². The van der Waals surface area contributed by atoms with Gasteiger partial charge < -0.3 is 35.8 Å². The van der Waals surface area contributed by atoms with Crippen LogP contribution in [0.3, 0.4) is 0 Å². The molecule has 0 aliphatic rings. The number of anilines is 1. The van der Waals surface area contributed by atoms with Crippen molar-refractivity contribution >= 4 is 24.6 Å². The van der Waals surface area contributed by atoms with Crippen LogP contribution < -0.4 is 5.73 Å². The number of fused-ring (bicyclic) bond motifs is 1. The van der Waals surface area contributed by atoms with E-state index in [4.69, 9.17) is 20.3 Å². The van der Waals surface area contributed by atoms with E-state index in [2.05, 4.69) is 15.0 Å². The van der Waals surface area contributed by atoms with Crippen LogP contribution in [-0.2, 0) is 15.8 Å². The molecule has 2 aromatic rings. The molecule has 0 amide bonds. The minimum Gasteiger partial charge on any atom is -0.412 e. The van der Waals surface area contributed by atoms with E-state index in [9.17, 15) is 4.57 Å². The predicted molar refractivity (Wildman–Crippen MR) is 69.8 cm³/mol. The van der Waals surface area contributed by atoms with Crippen LogP contribution >= 0.6 is 7.60 Å². The van der Waals surface area contributed by atoms with Gasteiger partial charge in [0.15, 0.2) is 11.5 Å². The number of imidazole rings is 1. The molecule has 0 fully saturated rings. The molecule has 0 radical (unpaired) electrons. The summed E-state index contributed by atoms with van der Waals surface area (Å²) in [6, 6.07) is 0. The van der Waals surface area contributed by atoms with Crippen molar-refractivity contribution in [3.63, 3.8) is 0 Å². The van der Waals surface area contributed by atoms with E-state index in [0.29, 0.717) is 17.7 Å². The van der Waals surface area contributed by atoms with Crippen molar-refractivity contribution in [1.29, 1.82) is 0 Å². The minimum absolute atomic E-state index is 0. The molecule has 2 heterocycles. The molecule has 0 spiro atoms.